The molecule has 2 aromatic carbocycles. The molecule has 0 aliphatic heterocycles. The number of hydrogen-bond donors (Lipinski definition) is 1. The lowest BCUT2D eigenvalue weighted by molar-refractivity contribution is -0.121. The van der Waals surface area contributed by atoms with E-state index in [9.17, 15) is 4.79 Å². The van der Waals surface area contributed by atoms with Gasteiger partial charge in [0.25, 0.3) is 0 Å². The lowest BCUT2D eigenvalue weighted by Crippen LogP contribution is -2.17. The Morgan fingerprint density at radius 3 is 2.65 bits per heavy atom. The Morgan fingerprint density at radius 1 is 1.08 bits per heavy atom. The van der Waals surface area contributed by atoms with Gasteiger partial charge in [0.2, 0.25) is 5.91 Å². The van der Waals surface area contributed by atoms with Gasteiger partial charge in [-0.05, 0) is 36.2 Å². The molecule has 0 aliphatic carbocycles. The quantitative estimate of drug-likeness (QED) is 0.544. The standard InChI is InChI=1S/C21H17N3O2/c22-14-17-8-4-5-9-19(17)20-12-11-18(26-20)15-23-24-21(25)13-10-16-6-2-1-3-7-16/h1-9,11-12,15H,10,13H2,(H,24,25)/b23-15-. The topological polar surface area (TPSA) is 78.4 Å². The number of carbonyl (C=O) groups excluding carboxylic acids is 1. The third-order valence-corrected chi connectivity index (χ3v) is 3.80. The summed E-state index contributed by atoms with van der Waals surface area (Å²) >= 11 is 0. The van der Waals surface area contributed by atoms with E-state index in [1.54, 1.807) is 24.3 Å². The minimum atomic E-state index is -0.160. The van der Waals surface area contributed by atoms with E-state index in [2.05, 4.69) is 16.6 Å². The second-order valence-corrected chi connectivity index (χ2v) is 5.64. The summed E-state index contributed by atoms with van der Waals surface area (Å²) in [6.07, 6.45) is 2.47. The van der Waals surface area contributed by atoms with Gasteiger partial charge in [-0.15, -0.1) is 0 Å². The summed E-state index contributed by atoms with van der Waals surface area (Å²) in [5, 5.41) is 13.1. The van der Waals surface area contributed by atoms with Crippen molar-refractivity contribution in [3.63, 3.8) is 0 Å². The van der Waals surface area contributed by atoms with Crippen LogP contribution in [0.25, 0.3) is 11.3 Å². The molecule has 0 radical (unpaired) electrons. The van der Waals surface area contributed by atoms with Gasteiger partial charge in [-0.3, -0.25) is 4.79 Å². The number of hydrazone groups is 1. The van der Waals surface area contributed by atoms with Crippen molar-refractivity contribution in [1.82, 2.24) is 5.43 Å². The van der Waals surface area contributed by atoms with Gasteiger partial charge in [0, 0.05) is 12.0 Å². The molecule has 128 valence electrons. The molecule has 0 saturated heterocycles. The van der Waals surface area contributed by atoms with Gasteiger partial charge in [0.05, 0.1) is 17.8 Å². The van der Waals surface area contributed by atoms with Crippen LogP contribution in [0.4, 0.5) is 0 Å². The highest BCUT2D eigenvalue weighted by molar-refractivity contribution is 5.81. The number of amides is 1. The van der Waals surface area contributed by atoms with Crippen molar-refractivity contribution < 1.29 is 9.21 Å². The first-order valence-electron chi connectivity index (χ1n) is 8.21. The van der Waals surface area contributed by atoms with Crippen LogP contribution in [0, 0.1) is 11.3 Å². The molecule has 0 saturated carbocycles. The maximum absolute atomic E-state index is 11.8. The van der Waals surface area contributed by atoms with Crippen molar-refractivity contribution in [2.75, 3.05) is 0 Å². The summed E-state index contributed by atoms with van der Waals surface area (Å²) in [5.41, 5.74) is 4.87. The van der Waals surface area contributed by atoms with Crippen molar-refractivity contribution in [3.05, 3.63) is 83.6 Å². The lowest BCUT2D eigenvalue weighted by Gasteiger charge is -2.00. The average molecular weight is 343 g/mol. The molecule has 5 nitrogen and oxygen atoms in total. The highest BCUT2D eigenvalue weighted by Crippen LogP contribution is 2.24. The van der Waals surface area contributed by atoms with Gasteiger partial charge < -0.3 is 4.42 Å². The van der Waals surface area contributed by atoms with E-state index in [0.717, 1.165) is 11.1 Å². The average Bonchev–Trinajstić information content (AvgIpc) is 3.16. The summed E-state index contributed by atoms with van der Waals surface area (Å²) in [7, 11) is 0. The third-order valence-electron chi connectivity index (χ3n) is 3.80. The summed E-state index contributed by atoms with van der Waals surface area (Å²) in [4.78, 5) is 11.8. The van der Waals surface area contributed by atoms with Gasteiger partial charge in [0.15, 0.2) is 0 Å². The molecule has 1 N–H and O–H groups in total. The van der Waals surface area contributed by atoms with E-state index in [1.165, 1.54) is 6.21 Å². The van der Waals surface area contributed by atoms with Crippen molar-refractivity contribution in [2.45, 2.75) is 12.8 Å². The van der Waals surface area contributed by atoms with E-state index < -0.39 is 0 Å². The predicted octanol–water partition coefficient (Wildman–Crippen LogP) is 3.90. The largest absolute Gasteiger partial charge is 0.455 e. The monoisotopic (exact) mass is 343 g/mol. The molecule has 0 bridgehead atoms. The number of hydrogen-bond acceptors (Lipinski definition) is 4. The fourth-order valence-corrected chi connectivity index (χ4v) is 2.49. The number of carbonyl (C=O) groups is 1. The summed E-state index contributed by atoms with van der Waals surface area (Å²) < 4.78 is 5.67. The number of rotatable bonds is 6. The molecule has 1 amide bonds. The molecule has 0 aliphatic rings. The first-order chi connectivity index (χ1) is 12.8. The SMILES string of the molecule is N#Cc1ccccc1-c1ccc(/C=N\NC(=O)CCc2ccccc2)o1. The van der Waals surface area contributed by atoms with Crippen LogP contribution >= 0.6 is 0 Å². The number of nitrogens with one attached hydrogen (secondary N) is 1. The Labute approximate surface area is 151 Å². The van der Waals surface area contributed by atoms with E-state index in [0.29, 0.717) is 29.9 Å². The van der Waals surface area contributed by atoms with Crippen LogP contribution in [0.15, 0.2) is 76.2 Å². The molecule has 0 spiro atoms. The van der Waals surface area contributed by atoms with Crippen molar-refractivity contribution in [3.8, 4) is 17.4 Å². The second kappa shape index (κ2) is 8.45. The molecular formula is C21H17N3O2. The van der Waals surface area contributed by atoms with E-state index in [4.69, 9.17) is 9.68 Å². The zero-order valence-corrected chi connectivity index (χ0v) is 14.1. The Bertz CT molecular complexity index is 953. The van der Waals surface area contributed by atoms with Gasteiger partial charge >= 0.3 is 0 Å². The van der Waals surface area contributed by atoms with Gasteiger partial charge in [-0.25, -0.2) is 5.43 Å². The predicted molar refractivity (Wildman–Crippen MR) is 99.4 cm³/mol. The fraction of sp³-hybridized carbons (Fsp3) is 0.0952. The minimum Gasteiger partial charge on any atom is -0.455 e. The maximum atomic E-state index is 11.8. The van der Waals surface area contributed by atoms with Gasteiger partial charge in [-0.1, -0.05) is 42.5 Å². The lowest BCUT2D eigenvalue weighted by atomic mass is 10.1. The maximum Gasteiger partial charge on any atom is 0.240 e. The third kappa shape index (κ3) is 4.46. The molecular weight excluding hydrogens is 326 g/mol. The van der Waals surface area contributed by atoms with E-state index in [1.807, 2.05) is 42.5 Å². The van der Waals surface area contributed by atoms with E-state index in [-0.39, 0.29) is 5.91 Å². The molecule has 26 heavy (non-hydrogen) atoms. The molecule has 1 heterocycles. The van der Waals surface area contributed by atoms with Crippen LogP contribution < -0.4 is 5.43 Å². The molecule has 0 atom stereocenters. The van der Waals surface area contributed by atoms with E-state index >= 15 is 0 Å². The summed E-state index contributed by atoms with van der Waals surface area (Å²) in [6, 6.07) is 22.7. The second-order valence-electron chi connectivity index (χ2n) is 5.64. The molecule has 3 rings (SSSR count). The van der Waals surface area contributed by atoms with Crippen molar-refractivity contribution >= 4 is 12.1 Å². The highest BCUT2D eigenvalue weighted by atomic mass is 16.3. The highest BCUT2D eigenvalue weighted by Gasteiger charge is 2.08. The Kier molecular flexibility index (Phi) is 5.58. The number of benzene rings is 2. The van der Waals surface area contributed by atoms with Crippen LogP contribution in [0.1, 0.15) is 23.3 Å². The number of nitrogens with zero attached hydrogens (tertiary/aromatic N) is 2. The normalized spacial score (nSPS) is 10.6. The summed E-state index contributed by atoms with van der Waals surface area (Å²) in [6.45, 7) is 0. The Balaban J connectivity index is 1.55. The minimum absolute atomic E-state index is 0.160. The molecule has 0 unspecified atom stereocenters. The Morgan fingerprint density at radius 2 is 1.85 bits per heavy atom. The Hall–Kier alpha value is -3.65. The summed E-state index contributed by atoms with van der Waals surface area (Å²) in [5.74, 6) is 0.918. The molecule has 3 aromatic rings. The molecule has 5 heteroatoms. The van der Waals surface area contributed by atoms with Crippen LogP contribution in [-0.2, 0) is 11.2 Å². The van der Waals surface area contributed by atoms with Crippen LogP contribution in [0.2, 0.25) is 0 Å². The van der Waals surface area contributed by atoms with Crippen LogP contribution in [0.3, 0.4) is 0 Å². The molecule has 1 aromatic heterocycles. The van der Waals surface area contributed by atoms with Gasteiger partial charge in [0.1, 0.15) is 11.5 Å². The number of furan rings is 1. The first-order valence-corrected chi connectivity index (χ1v) is 8.21. The number of aryl methyl sites for hydroxylation is 1. The first kappa shape index (κ1) is 17.2. The zero-order valence-electron chi connectivity index (χ0n) is 14.1. The van der Waals surface area contributed by atoms with Gasteiger partial charge in [-0.2, -0.15) is 10.4 Å². The van der Waals surface area contributed by atoms with Crippen LogP contribution in [-0.4, -0.2) is 12.1 Å². The van der Waals surface area contributed by atoms with Crippen LogP contribution in [0.5, 0.6) is 0 Å². The number of nitriles is 1. The zero-order chi connectivity index (χ0) is 18.2. The smallest absolute Gasteiger partial charge is 0.240 e. The fourth-order valence-electron chi connectivity index (χ4n) is 2.49. The molecule has 0 fully saturated rings. The van der Waals surface area contributed by atoms with Crippen molar-refractivity contribution in [1.29, 1.82) is 5.26 Å². The van der Waals surface area contributed by atoms with Crippen molar-refractivity contribution in [2.24, 2.45) is 5.10 Å².